The number of hydrogen-bond acceptors (Lipinski definition) is 4. The number of morpholine rings is 1. The predicted octanol–water partition coefficient (Wildman–Crippen LogP) is -0.700. The summed E-state index contributed by atoms with van der Waals surface area (Å²) in [6.07, 6.45) is -0.0421. The molecule has 0 aliphatic carbocycles. The molecule has 0 aromatic carbocycles. The lowest BCUT2D eigenvalue weighted by Crippen LogP contribution is -2.53. The van der Waals surface area contributed by atoms with E-state index in [1.165, 1.54) is 0 Å². The quantitative estimate of drug-likeness (QED) is 0.679. The van der Waals surface area contributed by atoms with Crippen molar-refractivity contribution in [2.45, 2.75) is 26.1 Å². The number of ether oxygens (including phenoxy) is 1. The highest BCUT2D eigenvalue weighted by molar-refractivity contribution is 6.35. The molecule has 0 saturated carbocycles. The van der Waals surface area contributed by atoms with E-state index < -0.39 is 11.8 Å². The first-order valence-corrected chi connectivity index (χ1v) is 6.27. The van der Waals surface area contributed by atoms with Crippen LogP contribution in [-0.4, -0.2) is 74.1 Å². The van der Waals surface area contributed by atoms with Crippen LogP contribution in [0.5, 0.6) is 0 Å². The first-order valence-electron chi connectivity index (χ1n) is 6.27. The normalized spacial score (nSPS) is 24.2. The van der Waals surface area contributed by atoms with E-state index in [0.29, 0.717) is 19.6 Å². The van der Waals surface area contributed by atoms with Crippen molar-refractivity contribution < 1.29 is 14.3 Å². The third kappa shape index (κ3) is 4.62. The van der Waals surface area contributed by atoms with Gasteiger partial charge in [0.2, 0.25) is 0 Å². The minimum atomic E-state index is -0.529. The zero-order chi connectivity index (χ0) is 13.7. The van der Waals surface area contributed by atoms with E-state index in [1.54, 1.807) is 4.90 Å². The second kappa shape index (κ2) is 6.70. The highest BCUT2D eigenvalue weighted by Gasteiger charge is 2.29. The lowest BCUT2D eigenvalue weighted by molar-refractivity contribution is -0.153. The second-order valence-electron chi connectivity index (χ2n) is 5.03. The Morgan fingerprint density at radius 2 is 1.83 bits per heavy atom. The smallest absolute Gasteiger partial charge is 0.312 e. The monoisotopic (exact) mass is 257 g/mol. The van der Waals surface area contributed by atoms with Crippen molar-refractivity contribution in [3.63, 3.8) is 0 Å². The number of carbonyl (C=O) groups is 2. The summed E-state index contributed by atoms with van der Waals surface area (Å²) in [7, 11) is 3.83. The van der Waals surface area contributed by atoms with E-state index in [0.717, 1.165) is 6.54 Å². The highest BCUT2D eigenvalue weighted by atomic mass is 16.5. The van der Waals surface area contributed by atoms with E-state index >= 15 is 0 Å². The minimum Gasteiger partial charge on any atom is -0.372 e. The topological polar surface area (TPSA) is 61.9 Å². The molecule has 1 saturated heterocycles. The van der Waals surface area contributed by atoms with Gasteiger partial charge in [0, 0.05) is 26.2 Å². The minimum absolute atomic E-state index is 0.0210. The summed E-state index contributed by atoms with van der Waals surface area (Å²) in [4.78, 5) is 27.1. The molecule has 1 heterocycles. The summed E-state index contributed by atoms with van der Waals surface area (Å²) in [5, 5.41) is 2.63. The molecule has 2 atom stereocenters. The van der Waals surface area contributed by atoms with E-state index in [9.17, 15) is 9.59 Å². The molecule has 104 valence electrons. The molecule has 1 aliphatic rings. The van der Waals surface area contributed by atoms with Gasteiger partial charge in [-0.3, -0.25) is 9.59 Å². The average Bonchev–Trinajstić information content (AvgIpc) is 2.26. The third-order valence-electron chi connectivity index (χ3n) is 2.75. The Morgan fingerprint density at radius 1 is 1.28 bits per heavy atom. The summed E-state index contributed by atoms with van der Waals surface area (Å²) in [6, 6.07) is 0. The summed E-state index contributed by atoms with van der Waals surface area (Å²) in [5.74, 6) is -0.992. The molecular weight excluding hydrogens is 234 g/mol. The van der Waals surface area contributed by atoms with Gasteiger partial charge in [0.25, 0.3) is 0 Å². The van der Waals surface area contributed by atoms with Crippen LogP contribution in [0.4, 0.5) is 0 Å². The molecule has 0 aromatic rings. The molecule has 2 unspecified atom stereocenters. The SMILES string of the molecule is CC1CN(C(=O)C(=O)NCCN(C)C)CC(C)O1. The van der Waals surface area contributed by atoms with Gasteiger partial charge in [-0.05, 0) is 27.9 Å². The molecule has 0 aromatic heterocycles. The maximum absolute atomic E-state index is 11.9. The first kappa shape index (κ1) is 14.9. The van der Waals surface area contributed by atoms with Gasteiger partial charge in [-0.25, -0.2) is 0 Å². The Hall–Kier alpha value is -1.14. The number of nitrogens with zero attached hydrogens (tertiary/aromatic N) is 2. The molecule has 1 N–H and O–H groups in total. The number of nitrogens with one attached hydrogen (secondary N) is 1. The summed E-state index contributed by atoms with van der Waals surface area (Å²) < 4.78 is 5.53. The maximum Gasteiger partial charge on any atom is 0.312 e. The van der Waals surface area contributed by atoms with Gasteiger partial charge in [0.15, 0.2) is 0 Å². The van der Waals surface area contributed by atoms with Crippen molar-refractivity contribution in [1.82, 2.24) is 15.1 Å². The highest BCUT2D eigenvalue weighted by Crippen LogP contribution is 2.10. The van der Waals surface area contributed by atoms with Gasteiger partial charge < -0.3 is 19.9 Å². The Labute approximate surface area is 108 Å². The van der Waals surface area contributed by atoms with Crippen molar-refractivity contribution in [3.8, 4) is 0 Å². The van der Waals surface area contributed by atoms with Crippen LogP contribution in [0, 0.1) is 0 Å². The fourth-order valence-electron chi connectivity index (χ4n) is 1.96. The zero-order valence-corrected chi connectivity index (χ0v) is 11.6. The molecule has 18 heavy (non-hydrogen) atoms. The number of amides is 2. The zero-order valence-electron chi connectivity index (χ0n) is 11.6. The van der Waals surface area contributed by atoms with Crippen LogP contribution in [0.2, 0.25) is 0 Å². The molecule has 6 heteroatoms. The summed E-state index contributed by atoms with van der Waals surface area (Å²) in [5.41, 5.74) is 0. The largest absolute Gasteiger partial charge is 0.372 e. The molecular formula is C12H23N3O3. The van der Waals surface area contributed by atoms with Crippen molar-refractivity contribution in [1.29, 1.82) is 0 Å². The van der Waals surface area contributed by atoms with E-state index in [1.807, 2.05) is 32.8 Å². The Balaban J connectivity index is 2.40. The number of likely N-dealkylation sites (N-methyl/N-ethyl adjacent to an activating group) is 1. The Kier molecular flexibility index (Phi) is 5.55. The van der Waals surface area contributed by atoms with Crippen LogP contribution < -0.4 is 5.32 Å². The molecule has 2 amide bonds. The van der Waals surface area contributed by atoms with Crippen LogP contribution >= 0.6 is 0 Å². The summed E-state index contributed by atoms with van der Waals surface area (Å²) >= 11 is 0. The lowest BCUT2D eigenvalue weighted by atomic mass is 10.2. The van der Waals surface area contributed by atoms with Crippen LogP contribution in [0.3, 0.4) is 0 Å². The second-order valence-corrected chi connectivity index (χ2v) is 5.03. The Morgan fingerprint density at radius 3 is 2.33 bits per heavy atom. The number of rotatable bonds is 3. The first-order chi connectivity index (χ1) is 8.40. The van der Waals surface area contributed by atoms with Crippen LogP contribution in [0.15, 0.2) is 0 Å². The average molecular weight is 257 g/mol. The fraction of sp³-hybridized carbons (Fsp3) is 0.833. The van der Waals surface area contributed by atoms with E-state index in [-0.39, 0.29) is 12.2 Å². The van der Waals surface area contributed by atoms with Gasteiger partial charge in [0.1, 0.15) is 0 Å². The van der Waals surface area contributed by atoms with Gasteiger partial charge in [-0.1, -0.05) is 0 Å². The maximum atomic E-state index is 11.9. The molecule has 0 spiro atoms. The fourth-order valence-corrected chi connectivity index (χ4v) is 1.96. The van der Waals surface area contributed by atoms with E-state index in [4.69, 9.17) is 4.74 Å². The molecule has 0 bridgehead atoms. The van der Waals surface area contributed by atoms with Crippen LogP contribution in [0.25, 0.3) is 0 Å². The van der Waals surface area contributed by atoms with Crippen LogP contribution in [0.1, 0.15) is 13.8 Å². The van der Waals surface area contributed by atoms with Gasteiger partial charge in [-0.2, -0.15) is 0 Å². The third-order valence-corrected chi connectivity index (χ3v) is 2.75. The van der Waals surface area contributed by atoms with Gasteiger partial charge in [0.05, 0.1) is 12.2 Å². The standard InChI is InChI=1S/C12H23N3O3/c1-9-7-15(8-10(2)18-9)12(17)11(16)13-5-6-14(3)4/h9-10H,5-8H2,1-4H3,(H,13,16). The van der Waals surface area contributed by atoms with Crippen LogP contribution in [-0.2, 0) is 14.3 Å². The summed E-state index contributed by atoms with van der Waals surface area (Å²) in [6.45, 7) is 5.95. The van der Waals surface area contributed by atoms with Gasteiger partial charge >= 0.3 is 11.8 Å². The van der Waals surface area contributed by atoms with Crippen molar-refractivity contribution in [2.75, 3.05) is 40.3 Å². The Bertz CT molecular complexity index is 297. The van der Waals surface area contributed by atoms with Crippen molar-refractivity contribution in [2.24, 2.45) is 0 Å². The molecule has 0 radical (unpaired) electrons. The lowest BCUT2D eigenvalue weighted by Gasteiger charge is -2.34. The molecule has 6 nitrogen and oxygen atoms in total. The van der Waals surface area contributed by atoms with Crippen molar-refractivity contribution >= 4 is 11.8 Å². The van der Waals surface area contributed by atoms with Gasteiger partial charge in [-0.15, -0.1) is 0 Å². The van der Waals surface area contributed by atoms with Crippen molar-refractivity contribution in [3.05, 3.63) is 0 Å². The molecule has 1 aliphatic heterocycles. The van der Waals surface area contributed by atoms with E-state index in [2.05, 4.69) is 5.32 Å². The predicted molar refractivity (Wildman–Crippen MR) is 68.2 cm³/mol. The molecule has 1 fully saturated rings. The number of carbonyl (C=O) groups excluding carboxylic acids is 2. The number of hydrogen-bond donors (Lipinski definition) is 1. The molecule has 1 rings (SSSR count).